The van der Waals surface area contributed by atoms with Gasteiger partial charge in [-0.05, 0) is 12.8 Å². The Labute approximate surface area is 77.5 Å². The Hall–Kier alpha value is -0.0400. The third-order valence-electron chi connectivity index (χ3n) is 1.92. The molecule has 1 heteroatoms. The molecule has 0 aromatic heterocycles. The summed E-state index contributed by atoms with van der Waals surface area (Å²) >= 11 is 0. The molecule has 0 saturated heterocycles. The van der Waals surface area contributed by atoms with E-state index in [-0.39, 0.29) is 0 Å². The van der Waals surface area contributed by atoms with Gasteiger partial charge in [0.15, 0.2) is 0 Å². The lowest BCUT2D eigenvalue weighted by Crippen LogP contribution is -1.96. The van der Waals surface area contributed by atoms with Crippen LogP contribution in [0, 0.1) is 6.42 Å². The minimum absolute atomic E-state index is 0.838. The molecule has 0 aromatic rings. The Morgan fingerprint density at radius 2 is 1.75 bits per heavy atom. The lowest BCUT2D eigenvalue weighted by molar-refractivity contribution is 0.147. The lowest BCUT2D eigenvalue weighted by atomic mass is 10.2. The van der Waals surface area contributed by atoms with Gasteiger partial charge in [0.05, 0.1) is 0 Å². The maximum absolute atomic E-state index is 5.40. The van der Waals surface area contributed by atoms with E-state index >= 15 is 0 Å². The molecule has 0 spiro atoms. The highest BCUT2D eigenvalue weighted by Crippen LogP contribution is 2.02. The predicted octanol–water partition coefficient (Wildman–Crippen LogP) is 3.59. The van der Waals surface area contributed by atoms with Crippen LogP contribution in [0.2, 0.25) is 0 Å². The summed E-state index contributed by atoms with van der Waals surface area (Å²) in [5, 5.41) is 0. The maximum Gasteiger partial charge on any atom is 0.0497 e. The van der Waals surface area contributed by atoms with E-state index in [1.54, 1.807) is 0 Å². The second-order valence-corrected chi connectivity index (χ2v) is 3.19. The number of ether oxygens (including phenoxy) is 1. The molecule has 73 valence electrons. The van der Waals surface area contributed by atoms with Gasteiger partial charge >= 0.3 is 0 Å². The van der Waals surface area contributed by atoms with Crippen molar-refractivity contribution in [3.05, 3.63) is 6.42 Å². The van der Waals surface area contributed by atoms with Crippen LogP contribution in [-0.4, -0.2) is 13.2 Å². The molecule has 1 nitrogen and oxygen atoms in total. The molecule has 0 heterocycles. The standard InChI is InChI=1S/C11H23O/c1-3-5-7-8-9-11-12-10-6-4-2/h6H,3-5,7-11H2,1-2H3. The fraction of sp³-hybridized carbons (Fsp3) is 0.909. The van der Waals surface area contributed by atoms with Crippen LogP contribution in [-0.2, 0) is 4.74 Å². The van der Waals surface area contributed by atoms with E-state index in [1.807, 2.05) is 0 Å². The minimum atomic E-state index is 0.838. The molecule has 0 fully saturated rings. The van der Waals surface area contributed by atoms with Crippen molar-refractivity contribution < 1.29 is 4.74 Å². The Morgan fingerprint density at radius 3 is 2.42 bits per heavy atom. The molecular formula is C11H23O. The molecule has 0 aliphatic rings. The van der Waals surface area contributed by atoms with Crippen LogP contribution in [0.15, 0.2) is 0 Å². The Kier molecular flexibility index (Phi) is 10.9. The molecule has 0 atom stereocenters. The van der Waals surface area contributed by atoms with Gasteiger partial charge in [-0.2, -0.15) is 0 Å². The zero-order valence-electron chi connectivity index (χ0n) is 8.64. The second kappa shape index (κ2) is 11.0. The van der Waals surface area contributed by atoms with Crippen LogP contribution in [0.25, 0.3) is 0 Å². The molecule has 0 rings (SSSR count). The van der Waals surface area contributed by atoms with Crippen molar-refractivity contribution in [3.63, 3.8) is 0 Å². The highest BCUT2D eigenvalue weighted by atomic mass is 16.5. The van der Waals surface area contributed by atoms with E-state index in [0.717, 1.165) is 19.6 Å². The summed E-state index contributed by atoms with van der Waals surface area (Å²) in [6.45, 7) is 6.17. The highest BCUT2D eigenvalue weighted by Gasteiger charge is 1.89. The number of rotatable bonds is 9. The van der Waals surface area contributed by atoms with Crippen LogP contribution >= 0.6 is 0 Å². The summed E-state index contributed by atoms with van der Waals surface area (Å²) in [4.78, 5) is 0. The van der Waals surface area contributed by atoms with Crippen LogP contribution < -0.4 is 0 Å². The molecule has 0 aliphatic heterocycles. The number of hydrogen-bond acceptors (Lipinski definition) is 1. The van der Waals surface area contributed by atoms with Gasteiger partial charge in [0, 0.05) is 13.2 Å². The van der Waals surface area contributed by atoms with E-state index in [0.29, 0.717) is 0 Å². The van der Waals surface area contributed by atoms with Crippen molar-refractivity contribution in [2.24, 2.45) is 0 Å². The molecule has 0 bridgehead atoms. The van der Waals surface area contributed by atoms with Crippen molar-refractivity contribution in [1.29, 1.82) is 0 Å². The Bertz CT molecular complexity index is 61.4. The lowest BCUT2D eigenvalue weighted by Gasteiger charge is -2.02. The van der Waals surface area contributed by atoms with E-state index in [4.69, 9.17) is 4.74 Å². The van der Waals surface area contributed by atoms with Crippen molar-refractivity contribution in [2.75, 3.05) is 13.2 Å². The number of hydrogen-bond donors (Lipinski definition) is 0. The first-order chi connectivity index (χ1) is 5.91. The fourth-order valence-electron chi connectivity index (χ4n) is 1.09. The molecular weight excluding hydrogens is 148 g/mol. The third-order valence-corrected chi connectivity index (χ3v) is 1.92. The second-order valence-electron chi connectivity index (χ2n) is 3.19. The zero-order chi connectivity index (χ0) is 9.07. The first-order valence-electron chi connectivity index (χ1n) is 5.31. The molecule has 0 aromatic carbocycles. The fourth-order valence-corrected chi connectivity index (χ4v) is 1.09. The average Bonchev–Trinajstić information content (AvgIpc) is 2.10. The summed E-state index contributed by atoms with van der Waals surface area (Å²) in [5.41, 5.74) is 0. The van der Waals surface area contributed by atoms with Gasteiger partial charge in [0.1, 0.15) is 0 Å². The minimum Gasteiger partial charge on any atom is -0.381 e. The molecule has 0 N–H and O–H groups in total. The monoisotopic (exact) mass is 171 g/mol. The van der Waals surface area contributed by atoms with Crippen molar-refractivity contribution in [1.82, 2.24) is 0 Å². The van der Waals surface area contributed by atoms with Gasteiger partial charge < -0.3 is 4.74 Å². The highest BCUT2D eigenvalue weighted by molar-refractivity contribution is 4.58. The van der Waals surface area contributed by atoms with Gasteiger partial charge in [-0.1, -0.05) is 46.0 Å². The summed E-state index contributed by atoms with van der Waals surface area (Å²) < 4.78 is 5.40. The molecule has 12 heavy (non-hydrogen) atoms. The van der Waals surface area contributed by atoms with Crippen LogP contribution in [0.5, 0.6) is 0 Å². The van der Waals surface area contributed by atoms with Gasteiger partial charge in [0.25, 0.3) is 0 Å². The summed E-state index contributed by atoms with van der Waals surface area (Å²) in [6, 6.07) is 0. The summed E-state index contributed by atoms with van der Waals surface area (Å²) in [5.74, 6) is 0. The van der Waals surface area contributed by atoms with E-state index in [1.165, 1.54) is 32.1 Å². The van der Waals surface area contributed by atoms with Gasteiger partial charge in [0.2, 0.25) is 0 Å². The zero-order valence-corrected chi connectivity index (χ0v) is 8.64. The molecule has 0 saturated carbocycles. The van der Waals surface area contributed by atoms with Crippen LogP contribution in [0.1, 0.15) is 52.4 Å². The van der Waals surface area contributed by atoms with Gasteiger partial charge in [-0.15, -0.1) is 0 Å². The maximum atomic E-state index is 5.40. The Balaban J connectivity index is 2.73. The first-order valence-corrected chi connectivity index (χ1v) is 5.31. The van der Waals surface area contributed by atoms with Gasteiger partial charge in [-0.3, -0.25) is 0 Å². The molecule has 0 amide bonds. The van der Waals surface area contributed by atoms with Crippen molar-refractivity contribution >= 4 is 0 Å². The van der Waals surface area contributed by atoms with Crippen LogP contribution in [0.4, 0.5) is 0 Å². The van der Waals surface area contributed by atoms with Gasteiger partial charge in [-0.25, -0.2) is 0 Å². The third kappa shape index (κ3) is 9.96. The first kappa shape index (κ1) is 12.0. The Morgan fingerprint density at radius 1 is 1.00 bits per heavy atom. The predicted molar refractivity (Wildman–Crippen MR) is 54.2 cm³/mol. The number of unbranched alkanes of at least 4 members (excludes halogenated alkanes) is 5. The summed E-state index contributed by atoms with van der Waals surface area (Å²) in [6.07, 6.45) is 9.93. The van der Waals surface area contributed by atoms with E-state index in [9.17, 15) is 0 Å². The van der Waals surface area contributed by atoms with Crippen LogP contribution in [0.3, 0.4) is 0 Å². The summed E-state index contributed by atoms with van der Waals surface area (Å²) in [7, 11) is 0. The average molecular weight is 171 g/mol. The van der Waals surface area contributed by atoms with E-state index < -0.39 is 0 Å². The molecule has 0 unspecified atom stereocenters. The van der Waals surface area contributed by atoms with E-state index in [2.05, 4.69) is 20.3 Å². The molecule has 0 aliphatic carbocycles. The SMILES string of the molecule is CC[CH]COCCCCCCC. The normalized spacial score (nSPS) is 10.5. The largest absolute Gasteiger partial charge is 0.381 e. The van der Waals surface area contributed by atoms with Crippen molar-refractivity contribution in [2.45, 2.75) is 52.4 Å². The smallest absolute Gasteiger partial charge is 0.0497 e. The quantitative estimate of drug-likeness (QED) is 0.482. The molecule has 1 radical (unpaired) electrons. The van der Waals surface area contributed by atoms with Crippen molar-refractivity contribution in [3.8, 4) is 0 Å². The topological polar surface area (TPSA) is 9.23 Å².